The molecule has 35 heavy (non-hydrogen) atoms. The van der Waals surface area contributed by atoms with Crippen LogP contribution in [0.15, 0.2) is 11.6 Å². The summed E-state index contributed by atoms with van der Waals surface area (Å²) in [5.41, 5.74) is 2.22. The minimum absolute atomic E-state index is 0.628. The van der Waals surface area contributed by atoms with Crippen LogP contribution in [0.2, 0.25) is 0 Å². The molecule has 208 valence electrons. The van der Waals surface area contributed by atoms with E-state index < -0.39 is 0 Å². The van der Waals surface area contributed by atoms with Crippen LogP contribution in [0, 0.1) is 40.9 Å². The summed E-state index contributed by atoms with van der Waals surface area (Å²) in [6.07, 6.45) is 20.9. The summed E-state index contributed by atoms with van der Waals surface area (Å²) in [5.74, 6) is 8.28. The van der Waals surface area contributed by atoms with Gasteiger partial charge in [0.15, 0.2) is 0 Å². The van der Waals surface area contributed by atoms with Gasteiger partial charge in [-0.15, -0.1) is 0 Å². The fraction of sp³-hybridized carbons (Fsp3) is 0.939. The number of hydrogen-bond acceptors (Lipinski definition) is 2. The molecule has 0 bridgehead atoms. The lowest BCUT2D eigenvalue weighted by Gasteiger charge is -2.49. The zero-order valence-electron chi connectivity index (χ0n) is 25.5. The molecule has 2 aliphatic carbocycles. The highest BCUT2D eigenvalue weighted by Gasteiger charge is 2.53. The maximum absolute atomic E-state index is 2.69. The number of unbranched alkanes of at least 4 members (excludes halogenated alkanes) is 2. The molecule has 0 nitrogen and oxygen atoms in total. The van der Waals surface area contributed by atoms with Crippen molar-refractivity contribution in [3.63, 3.8) is 0 Å². The average molecular weight is 525 g/mol. The van der Waals surface area contributed by atoms with Crippen LogP contribution in [0.5, 0.6) is 0 Å². The fourth-order valence-corrected chi connectivity index (χ4v) is 9.32. The lowest BCUT2D eigenvalue weighted by molar-refractivity contribution is 0.00180. The van der Waals surface area contributed by atoms with E-state index >= 15 is 0 Å². The van der Waals surface area contributed by atoms with Crippen molar-refractivity contribution in [3.8, 4) is 0 Å². The zero-order chi connectivity index (χ0) is 26.3. The summed E-state index contributed by atoms with van der Waals surface area (Å²) >= 11 is 0. The predicted octanol–water partition coefficient (Wildman–Crippen LogP) is 12.2. The van der Waals surface area contributed by atoms with Crippen LogP contribution in [0.1, 0.15) is 146 Å². The van der Waals surface area contributed by atoms with Crippen molar-refractivity contribution in [2.45, 2.75) is 146 Å². The van der Waals surface area contributed by atoms with Gasteiger partial charge in [0, 0.05) is 11.5 Å². The van der Waals surface area contributed by atoms with Crippen molar-refractivity contribution >= 4 is 21.6 Å². The maximum Gasteiger partial charge on any atom is 0.00368 e. The minimum Gasteiger partial charge on any atom is -0.0942 e. The summed E-state index contributed by atoms with van der Waals surface area (Å²) < 4.78 is 0. The van der Waals surface area contributed by atoms with Gasteiger partial charge in [-0.2, -0.15) is 0 Å². The van der Waals surface area contributed by atoms with Crippen molar-refractivity contribution in [1.82, 2.24) is 0 Å². The highest BCUT2D eigenvalue weighted by Crippen LogP contribution is 2.61. The summed E-state index contributed by atoms with van der Waals surface area (Å²) in [4.78, 5) is 0. The first-order valence-corrected chi connectivity index (χ1v) is 18.1. The van der Waals surface area contributed by atoms with E-state index in [0.29, 0.717) is 5.41 Å². The fourth-order valence-electron chi connectivity index (χ4n) is 6.95. The van der Waals surface area contributed by atoms with Gasteiger partial charge < -0.3 is 0 Å². The topological polar surface area (TPSA) is 0 Å². The normalized spacial score (nSPS) is 29.6. The van der Waals surface area contributed by atoms with Gasteiger partial charge in [0.1, 0.15) is 0 Å². The van der Waals surface area contributed by atoms with Crippen LogP contribution >= 0.6 is 21.6 Å². The SMILES string of the molecule is CC/C(C)=C/CC1C(C)CCC2(C)C(C(C)CCCCC(C)C)CCC12.CCCCSSCCC. The highest BCUT2D eigenvalue weighted by molar-refractivity contribution is 8.76. The van der Waals surface area contributed by atoms with E-state index in [1.807, 2.05) is 21.6 Å². The molecular weight excluding hydrogens is 460 g/mol. The van der Waals surface area contributed by atoms with Crippen molar-refractivity contribution in [1.29, 1.82) is 0 Å². The Morgan fingerprint density at radius 3 is 2.23 bits per heavy atom. The zero-order valence-corrected chi connectivity index (χ0v) is 27.1. The van der Waals surface area contributed by atoms with Crippen molar-refractivity contribution in [3.05, 3.63) is 11.6 Å². The molecule has 0 amide bonds. The van der Waals surface area contributed by atoms with Gasteiger partial charge in [-0.3, -0.25) is 0 Å². The van der Waals surface area contributed by atoms with Crippen LogP contribution in [0.4, 0.5) is 0 Å². The van der Waals surface area contributed by atoms with Crippen LogP contribution in [0.25, 0.3) is 0 Å². The lowest BCUT2D eigenvalue weighted by Crippen LogP contribution is -2.42. The van der Waals surface area contributed by atoms with Crippen LogP contribution < -0.4 is 0 Å². The maximum atomic E-state index is 2.69. The molecule has 2 fully saturated rings. The van der Waals surface area contributed by atoms with Crippen molar-refractivity contribution in [2.75, 3.05) is 11.5 Å². The first-order chi connectivity index (χ1) is 16.7. The Bertz CT molecular complexity index is 547. The van der Waals surface area contributed by atoms with Gasteiger partial charge in [-0.25, -0.2) is 0 Å². The molecule has 0 N–H and O–H groups in total. The number of rotatable bonds is 15. The molecule has 0 saturated heterocycles. The molecule has 0 radical (unpaired) electrons. The van der Waals surface area contributed by atoms with E-state index in [1.54, 1.807) is 5.57 Å². The molecule has 2 rings (SSSR count). The van der Waals surface area contributed by atoms with Gasteiger partial charge in [-0.05, 0) is 99.2 Å². The first kappa shape index (κ1) is 33.5. The third-order valence-corrected chi connectivity index (χ3v) is 12.2. The Labute approximate surface area is 230 Å². The van der Waals surface area contributed by atoms with Crippen molar-refractivity contribution in [2.24, 2.45) is 40.9 Å². The van der Waals surface area contributed by atoms with Gasteiger partial charge in [0.05, 0.1) is 0 Å². The number of fused-ring (bicyclic) bond motifs is 1. The van der Waals surface area contributed by atoms with Gasteiger partial charge >= 0.3 is 0 Å². The molecule has 2 saturated carbocycles. The summed E-state index contributed by atoms with van der Waals surface area (Å²) in [7, 11) is 4.03. The Balaban J connectivity index is 0.000000579. The Morgan fingerprint density at radius 1 is 0.914 bits per heavy atom. The number of hydrogen-bond donors (Lipinski definition) is 0. The third kappa shape index (κ3) is 11.8. The second kappa shape index (κ2) is 18.7. The van der Waals surface area contributed by atoms with Crippen LogP contribution in [-0.2, 0) is 0 Å². The molecule has 0 heterocycles. The standard InChI is InChI=1S/C26H48.C7H16S2/c1-8-20(4)13-14-23-21(5)17-18-26(7)24(15-16-25(23)26)22(6)12-10-9-11-19(2)3;1-3-5-7-9-8-6-4-2/h13,19,21-25H,8-12,14-18H2,1-7H3;3-7H2,1-2H3/b20-13+;. The largest absolute Gasteiger partial charge is 0.0942 e. The lowest BCUT2D eigenvalue weighted by atomic mass is 9.56. The molecule has 2 aliphatic rings. The number of allylic oxidation sites excluding steroid dienone is 2. The van der Waals surface area contributed by atoms with E-state index in [4.69, 9.17) is 0 Å². The molecular formula is C33H64S2. The molecule has 0 spiro atoms. The van der Waals surface area contributed by atoms with E-state index in [1.165, 1.54) is 95.0 Å². The Morgan fingerprint density at radius 2 is 1.60 bits per heavy atom. The van der Waals surface area contributed by atoms with Gasteiger partial charge in [0.2, 0.25) is 0 Å². The molecule has 0 aromatic carbocycles. The van der Waals surface area contributed by atoms with Crippen LogP contribution in [-0.4, -0.2) is 11.5 Å². The van der Waals surface area contributed by atoms with Crippen molar-refractivity contribution < 1.29 is 0 Å². The monoisotopic (exact) mass is 524 g/mol. The summed E-state index contributed by atoms with van der Waals surface area (Å²) in [5, 5.41) is 0. The molecule has 6 unspecified atom stereocenters. The van der Waals surface area contributed by atoms with Gasteiger partial charge in [0.25, 0.3) is 0 Å². The van der Waals surface area contributed by atoms with Crippen LogP contribution in [0.3, 0.4) is 0 Å². The molecule has 0 aliphatic heterocycles. The smallest absolute Gasteiger partial charge is 0.00368 e. The quantitative estimate of drug-likeness (QED) is 0.119. The molecule has 2 heteroatoms. The third-order valence-electron chi connectivity index (χ3n) is 9.49. The minimum atomic E-state index is 0.628. The van der Waals surface area contributed by atoms with E-state index in [2.05, 4.69) is 68.4 Å². The molecule has 0 aromatic rings. The Hall–Kier alpha value is 0.440. The highest BCUT2D eigenvalue weighted by atomic mass is 33.1. The molecule has 6 atom stereocenters. The first-order valence-electron chi connectivity index (χ1n) is 15.6. The molecule has 0 aromatic heterocycles. The summed E-state index contributed by atoms with van der Waals surface area (Å²) in [6, 6.07) is 0. The van der Waals surface area contributed by atoms with E-state index in [9.17, 15) is 0 Å². The Kier molecular flexibility index (Phi) is 17.8. The predicted molar refractivity (Wildman–Crippen MR) is 167 cm³/mol. The average Bonchev–Trinajstić information content (AvgIpc) is 3.18. The second-order valence-corrected chi connectivity index (χ2v) is 15.5. The van der Waals surface area contributed by atoms with E-state index in [-0.39, 0.29) is 0 Å². The van der Waals surface area contributed by atoms with E-state index in [0.717, 1.165) is 35.5 Å². The second-order valence-electron chi connectivity index (χ2n) is 12.8. The van der Waals surface area contributed by atoms with Gasteiger partial charge in [-0.1, -0.05) is 121 Å². The summed E-state index contributed by atoms with van der Waals surface area (Å²) in [6.45, 7) is 21.6.